The van der Waals surface area contributed by atoms with Crippen LogP contribution in [-0.2, 0) is 23.7 Å². The molecule has 41 heavy (non-hydrogen) atoms. The molecule has 0 spiro atoms. The van der Waals surface area contributed by atoms with Crippen molar-refractivity contribution in [2.24, 2.45) is 5.92 Å². The molecule has 0 amide bonds. The van der Waals surface area contributed by atoms with E-state index in [9.17, 15) is 34.8 Å². The number of aliphatic hydroxyl groups excluding tert-OH is 3. The molecule has 2 aromatic carbocycles. The Bertz CT molecular complexity index is 1230. The molecule has 1 saturated heterocycles. The predicted molar refractivity (Wildman–Crippen MR) is 137 cm³/mol. The predicted octanol–water partition coefficient (Wildman–Crippen LogP) is 0.419. The molecule has 14 nitrogen and oxygen atoms in total. The van der Waals surface area contributed by atoms with Gasteiger partial charge in [0, 0.05) is 0 Å². The first-order valence-corrected chi connectivity index (χ1v) is 12.3. The van der Waals surface area contributed by atoms with E-state index < -0.39 is 67.7 Å². The van der Waals surface area contributed by atoms with Crippen molar-refractivity contribution in [3.05, 3.63) is 47.5 Å². The Morgan fingerprint density at radius 3 is 2.02 bits per heavy atom. The topological polar surface area (TPSA) is 197 Å². The Kier molecular flexibility index (Phi) is 10.7. The number of esters is 3. The molecular formula is C27H32O14. The van der Waals surface area contributed by atoms with Gasteiger partial charge in [-0.25, -0.2) is 9.59 Å². The number of phenolic OH excluding ortho intramolecular Hbond substituents is 1. The molecule has 1 fully saturated rings. The Hall–Kier alpha value is -4.11. The summed E-state index contributed by atoms with van der Waals surface area (Å²) in [5, 5.41) is 40.5. The first-order chi connectivity index (χ1) is 19.5. The highest BCUT2D eigenvalue weighted by atomic mass is 16.7. The number of phenols is 1. The van der Waals surface area contributed by atoms with Crippen LogP contribution in [-0.4, -0.2) is 104 Å². The van der Waals surface area contributed by atoms with Gasteiger partial charge in [-0.05, 0) is 43.3 Å². The van der Waals surface area contributed by atoms with Gasteiger partial charge in [0.1, 0.15) is 37.6 Å². The van der Waals surface area contributed by atoms with E-state index in [0.717, 1.165) is 0 Å². The lowest BCUT2D eigenvalue weighted by Gasteiger charge is -2.39. The second kappa shape index (κ2) is 14.0. The number of carbonyl (C=O) groups excluding carboxylic acids is 3. The van der Waals surface area contributed by atoms with E-state index in [2.05, 4.69) is 0 Å². The molecule has 0 saturated carbocycles. The minimum Gasteiger partial charge on any atom is -0.504 e. The third-order valence-corrected chi connectivity index (χ3v) is 6.18. The fourth-order valence-corrected chi connectivity index (χ4v) is 3.74. The number of methoxy groups -OCH3 is 3. The highest BCUT2D eigenvalue weighted by molar-refractivity contribution is 5.91. The first-order valence-electron chi connectivity index (χ1n) is 12.3. The SMILES string of the molecule is COc1cc(C(=O)OCC2OC(OC(=O)C(C)COC(=O)c3ccc(OC)c(OC)c3)C(O)C(O)C2O)ccc1O. The standard InChI is InChI=1S/C27H32O14/c1-13(11-38-25(33)15-6-8-17(35-2)19(10-15)37-4)24(32)41-27-23(31)22(30)21(29)20(40-27)12-39-26(34)14-5-7-16(28)18(9-14)36-3/h5-10,13,20-23,27-31H,11-12H2,1-4H3. The largest absolute Gasteiger partial charge is 0.504 e. The van der Waals surface area contributed by atoms with E-state index in [-0.39, 0.29) is 22.6 Å². The van der Waals surface area contributed by atoms with Crippen LogP contribution in [0.2, 0.25) is 0 Å². The highest BCUT2D eigenvalue weighted by Crippen LogP contribution is 2.29. The van der Waals surface area contributed by atoms with Crippen molar-refractivity contribution < 1.29 is 68.0 Å². The van der Waals surface area contributed by atoms with Crippen molar-refractivity contribution in [3.63, 3.8) is 0 Å². The summed E-state index contributed by atoms with van der Waals surface area (Å²) in [6, 6.07) is 8.12. The zero-order chi connectivity index (χ0) is 30.3. The molecule has 0 bridgehead atoms. The number of hydrogen-bond donors (Lipinski definition) is 4. The molecule has 4 N–H and O–H groups in total. The van der Waals surface area contributed by atoms with Crippen LogP contribution in [0, 0.1) is 5.92 Å². The summed E-state index contributed by atoms with van der Waals surface area (Å²) in [5.41, 5.74) is 0.166. The van der Waals surface area contributed by atoms with E-state index in [1.54, 1.807) is 0 Å². The molecule has 6 unspecified atom stereocenters. The van der Waals surface area contributed by atoms with Gasteiger partial charge in [0.05, 0.1) is 38.4 Å². The summed E-state index contributed by atoms with van der Waals surface area (Å²) in [6.45, 7) is 0.423. The first kappa shape index (κ1) is 31.4. The number of aromatic hydroxyl groups is 1. The zero-order valence-electron chi connectivity index (χ0n) is 22.7. The van der Waals surface area contributed by atoms with Crippen molar-refractivity contribution in [1.82, 2.24) is 0 Å². The molecule has 224 valence electrons. The zero-order valence-corrected chi connectivity index (χ0v) is 22.7. The van der Waals surface area contributed by atoms with Crippen molar-refractivity contribution in [1.29, 1.82) is 0 Å². The molecule has 6 atom stereocenters. The number of hydrogen-bond acceptors (Lipinski definition) is 14. The molecule has 0 aromatic heterocycles. The summed E-state index contributed by atoms with van der Waals surface area (Å²) in [6.07, 6.45) is -8.45. The van der Waals surface area contributed by atoms with E-state index in [1.807, 2.05) is 0 Å². The number of rotatable bonds is 11. The van der Waals surface area contributed by atoms with Crippen LogP contribution in [0.3, 0.4) is 0 Å². The Balaban J connectivity index is 1.56. The maximum atomic E-state index is 12.6. The highest BCUT2D eigenvalue weighted by Gasteiger charge is 2.46. The molecule has 14 heteroatoms. The van der Waals surface area contributed by atoms with Crippen LogP contribution < -0.4 is 14.2 Å². The molecular weight excluding hydrogens is 548 g/mol. The van der Waals surface area contributed by atoms with Crippen LogP contribution in [0.4, 0.5) is 0 Å². The summed E-state index contributed by atoms with van der Waals surface area (Å²) in [7, 11) is 4.15. The number of aliphatic hydroxyl groups is 3. The fraction of sp³-hybridized carbons (Fsp3) is 0.444. The van der Waals surface area contributed by atoms with Crippen LogP contribution in [0.25, 0.3) is 0 Å². The van der Waals surface area contributed by atoms with Gasteiger partial charge >= 0.3 is 17.9 Å². The van der Waals surface area contributed by atoms with Crippen molar-refractivity contribution in [2.45, 2.75) is 37.6 Å². The summed E-state index contributed by atoms with van der Waals surface area (Å²) in [4.78, 5) is 37.5. The van der Waals surface area contributed by atoms with Gasteiger partial charge in [-0.15, -0.1) is 0 Å². The molecule has 1 aliphatic rings. The quantitative estimate of drug-likeness (QED) is 0.211. The molecule has 1 aliphatic heterocycles. The van der Waals surface area contributed by atoms with Crippen LogP contribution >= 0.6 is 0 Å². The second-order valence-corrected chi connectivity index (χ2v) is 9.01. The third kappa shape index (κ3) is 7.55. The fourth-order valence-electron chi connectivity index (χ4n) is 3.74. The van der Waals surface area contributed by atoms with Crippen molar-refractivity contribution in [2.75, 3.05) is 34.5 Å². The lowest BCUT2D eigenvalue weighted by atomic mass is 9.99. The van der Waals surface area contributed by atoms with Gasteiger partial charge in [-0.1, -0.05) is 0 Å². The normalized spacial score (nSPS) is 22.7. The number of carbonyl (C=O) groups is 3. The molecule has 0 radical (unpaired) electrons. The van der Waals surface area contributed by atoms with Crippen molar-refractivity contribution >= 4 is 17.9 Å². The number of ether oxygens (including phenoxy) is 7. The molecule has 1 heterocycles. The smallest absolute Gasteiger partial charge is 0.338 e. The maximum Gasteiger partial charge on any atom is 0.338 e. The van der Waals surface area contributed by atoms with Gasteiger partial charge < -0.3 is 53.6 Å². The summed E-state index contributed by atoms with van der Waals surface area (Å²) in [5.74, 6) is -3.01. The minimum absolute atomic E-state index is 0.0185. The summed E-state index contributed by atoms with van der Waals surface area (Å²) >= 11 is 0. The Morgan fingerprint density at radius 1 is 0.805 bits per heavy atom. The van der Waals surface area contributed by atoms with E-state index >= 15 is 0 Å². The average Bonchev–Trinajstić information content (AvgIpc) is 2.98. The van der Waals surface area contributed by atoms with Gasteiger partial charge in [0.25, 0.3) is 0 Å². The lowest BCUT2D eigenvalue weighted by Crippen LogP contribution is -2.60. The average molecular weight is 581 g/mol. The van der Waals surface area contributed by atoms with Crippen LogP contribution in [0.15, 0.2) is 36.4 Å². The van der Waals surface area contributed by atoms with E-state index in [4.69, 9.17) is 33.2 Å². The lowest BCUT2D eigenvalue weighted by molar-refractivity contribution is -0.293. The van der Waals surface area contributed by atoms with Gasteiger partial charge in [-0.3, -0.25) is 4.79 Å². The Labute approximate surface area is 234 Å². The van der Waals surface area contributed by atoms with Gasteiger partial charge in [0.2, 0.25) is 6.29 Å². The van der Waals surface area contributed by atoms with E-state index in [0.29, 0.717) is 11.5 Å². The maximum absolute atomic E-state index is 12.6. The second-order valence-electron chi connectivity index (χ2n) is 9.01. The number of benzene rings is 2. The van der Waals surface area contributed by atoms with E-state index in [1.165, 1.54) is 64.7 Å². The van der Waals surface area contributed by atoms with Gasteiger partial charge in [0.15, 0.2) is 23.0 Å². The molecule has 2 aromatic rings. The van der Waals surface area contributed by atoms with Crippen molar-refractivity contribution in [3.8, 4) is 23.0 Å². The van der Waals surface area contributed by atoms with Crippen LogP contribution in [0.1, 0.15) is 27.6 Å². The van der Waals surface area contributed by atoms with Crippen LogP contribution in [0.5, 0.6) is 23.0 Å². The Morgan fingerprint density at radius 2 is 1.39 bits per heavy atom. The summed E-state index contributed by atoms with van der Waals surface area (Å²) < 4.78 is 36.1. The molecule has 3 rings (SSSR count). The monoisotopic (exact) mass is 580 g/mol. The minimum atomic E-state index is -1.83. The third-order valence-electron chi connectivity index (χ3n) is 6.18. The molecule has 0 aliphatic carbocycles. The van der Waals surface area contributed by atoms with Gasteiger partial charge in [-0.2, -0.15) is 0 Å².